The first-order chi connectivity index (χ1) is 12.4. The number of nitrogens with zero attached hydrogens (tertiary/aromatic N) is 1. The maximum absolute atomic E-state index is 3.46. The quantitative estimate of drug-likeness (QED) is 0.766. The van der Waals surface area contributed by atoms with Gasteiger partial charge in [-0.15, -0.1) is 0 Å². The van der Waals surface area contributed by atoms with Crippen LogP contribution in [0.5, 0.6) is 0 Å². The van der Waals surface area contributed by atoms with Crippen molar-refractivity contribution in [3.8, 4) is 11.1 Å². The molecule has 0 aromatic heterocycles. The fourth-order valence-corrected chi connectivity index (χ4v) is 3.68. The summed E-state index contributed by atoms with van der Waals surface area (Å²) in [7, 11) is 0. The molecule has 126 valence electrons. The Morgan fingerprint density at radius 1 is 0.600 bits per heavy atom. The largest absolute Gasteiger partial charge is 0.314 e. The highest BCUT2D eigenvalue weighted by atomic mass is 15.2. The van der Waals surface area contributed by atoms with E-state index in [1.54, 1.807) is 0 Å². The Morgan fingerprint density at radius 2 is 1.12 bits per heavy atom. The molecule has 3 aromatic rings. The van der Waals surface area contributed by atoms with Gasteiger partial charge < -0.3 is 5.32 Å². The summed E-state index contributed by atoms with van der Waals surface area (Å²) in [5.41, 5.74) is 5.29. The van der Waals surface area contributed by atoms with E-state index < -0.39 is 0 Å². The Kier molecular flexibility index (Phi) is 4.91. The van der Waals surface area contributed by atoms with Crippen molar-refractivity contribution < 1.29 is 0 Å². The molecule has 25 heavy (non-hydrogen) atoms. The maximum Gasteiger partial charge on any atom is 0.0602 e. The number of rotatable bonds is 4. The monoisotopic (exact) mass is 328 g/mol. The van der Waals surface area contributed by atoms with Crippen LogP contribution in [0.4, 0.5) is 0 Å². The summed E-state index contributed by atoms with van der Waals surface area (Å²) in [4.78, 5) is 2.59. The lowest BCUT2D eigenvalue weighted by atomic mass is 9.94. The zero-order valence-electron chi connectivity index (χ0n) is 14.4. The van der Waals surface area contributed by atoms with Crippen LogP contribution in [0.3, 0.4) is 0 Å². The van der Waals surface area contributed by atoms with E-state index in [1.165, 1.54) is 22.3 Å². The van der Waals surface area contributed by atoms with Crippen LogP contribution in [0.1, 0.15) is 17.2 Å². The zero-order valence-corrected chi connectivity index (χ0v) is 14.4. The molecule has 0 radical (unpaired) electrons. The number of piperazine rings is 1. The molecule has 1 N–H and O–H groups in total. The van der Waals surface area contributed by atoms with Crippen LogP contribution in [0, 0.1) is 0 Å². The van der Waals surface area contributed by atoms with Gasteiger partial charge in [-0.2, -0.15) is 0 Å². The van der Waals surface area contributed by atoms with Crippen molar-refractivity contribution in [1.82, 2.24) is 10.2 Å². The number of hydrogen-bond donors (Lipinski definition) is 1. The van der Waals surface area contributed by atoms with Gasteiger partial charge in [-0.25, -0.2) is 0 Å². The van der Waals surface area contributed by atoms with Gasteiger partial charge in [0.1, 0.15) is 0 Å². The highest BCUT2D eigenvalue weighted by Gasteiger charge is 2.23. The molecular formula is C23H24N2. The second kappa shape index (κ2) is 7.64. The minimum absolute atomic E-state index is 0.327. The van der Waals surface area contributed by atoms with Gasteiger partial charge in [0.15, 0.2) is 0 Å². The van der Waals surface area contributed by atoms with Crippen molar-refractivity contribution in [2.75, 3.05) is 26.2 Å². The third kappa shape index (κ3) is 3.65. The van der Waals surface area contributed by atoms with Crippen LogP contribution >= 0.6 is 0 Å². The molecule has 1 saturated heterocycles. The predicted molar refractivity (Wildman–Crippen MR) is 105 cm³/mol. The van der Waals surface area contributed by atoms with Crippen molar-refractivity contribution in [3.63, 3.8) is 0 Å². The smallest absolute Gasteiger partial charge is 0.0602 e. The van der Waals surface area contributed by atoms with Crippen molar-refractivity contribution in [2.45, 2.75) is 6.04 Å². The zero-order chi connectivity index (χ0) is 16.9. The Morgan fingerprint density at radius 3 is 1.76 bits per heavy atom. The lowest BCUT2D eigenvalue weighted by Crippen LogP contribution is -2.45. The molecule has 1 fully saturated rings. The summed E-state index contributed by atoms with van der Waals surface area (Å²) in [6, 6.07) is 30.9. The van der Waals surface area contributed by atoms with E-state index in [1.807, 2.05) is 0 Å². The maximum atomic E-state index is 3.46. The van der Waals surface area contributed by atoms with Crippen LogP contribution in [-0.4, -0.2) is 31.1 Å². The summed E-state index contributed by atoms with van der Waals surface area (Å²) < 4.78 is 0. The Balaban J connectivity index is 1.67. The van der Waals surface area contributed by atoms with Gasteiger partial charge in [0.2, 0.25) is 0 Å². The van der Waals surface area contributed by atoms with Gasteiger partial charge >= 0.3 is 0 Å². The fraction of sp³-hybridized carbons (Fsp3) is 0.217. The van der Waals surface area contributed by atoms with Gasteiger partial charge in [-0.1, -0.05) is 84.9 Å². The summed E-state index contributed by atoms with van der Waals surface area (Å²) in [5, 5.41) is 3.46. The third-order valence-corrected chi connectivity index (χ3v) is 4.97. The standard InChI is InChI=1S/C23H24N2/c1-3-7-19(8-4-1)20-11-13-22(14-12-20)23(21-9-5-2-6-10-21)25-17-15-24-16-18-25/h1-14,23-24H,15-18H2. The molecule has 1 atom stereocenters. The van der Waals surface area contributed by atoms with Crippen molar-refractivity contribution in [3.05, 3.63) is 96.1 Å². The van der Waals surface area contributed by atoms with Crippen LogP contribution < -0.4 is 5.32 Å². The third-order valence-electron chi connectivity index (χ3n) is 4.97. The average Bonchev–Trinajstić information content (AvgIpc) is 2.71. The molecule has 0 aliphatic carbocycles. The number of hydrogen-bond acceptors (Lipinski definition) is 2. The molecule has 3 aromatic carbocycles. The molecule has 1 aliphatic heterocycles. The minimum Gasteiger partial charge on any atom is -0.314 e. The molecule has 1 heterocycles. The highest BCUT2D eigenvalue weighted by Crippen LogP contribution is 2.30. The summed E-state index contributed by atoms with van der Waals surface area (Å²) in [6.07, 6.45) is 0. The number of benzene rings is 3. The Hall–Kier alpha value is -2.42. The van der Waals surface area contributed by atoms with E-state index in [4.69, 9.17) is 0 Å². The van der Waals surface area contributed by atoms with Crippen molar-refractivity contribution >= 4 is 0 Å². The van der Waals surface area contributed by atoms with Gasteiger partial charge in [-0.3, -0.25) is 4.90 Å². The Labute approximate surface area is 150 Å². The SMILES string of the molecule is c1ccc(-c2ccc(C(c3ccccc3)N3CCNCC3)cc2)cc1. The average molecular weight is 328 g/mol. The number of nitrogens with one attached hydrogen (secondary N) is 1. The van der Waals surface area contributed by atoms with E-state index in [-0.39, 0.29) is 0 Å². The first-order valence-electron chi connectivity index (χ1n) is 9.07. The first-order valence-corrected chi connectivity index (χ1v) is 9.07. The molecule has 2 heteroatoms. The lowest BCUT2D eigenvalue weighted by molar-refractivity contribution is 0.198. The normalized spacial score (nSPS) is 16.5. The van der Waals surface area contributed by atoms with Crippen LogP contribution in [0.15, 0.2) is 84.9 Å². The molecule has 0 saturated carbocycles. The molecule has 2 nitrogen and oxygen atoms in total. The molecule has 4 rings (SSSR count). The van der Waals surface area contributed by atoms with Gasteiger partial charge in [-0.05, 0) is 22.3 Å². The fourth-order valence-electron chi connectivity index (χ4n) is 3.68. The van der Waals surface area contributed by atoms with Gasteiger partial charge in [0.05, 0.1) is 6.04 Å². The van der Waals surface area contributed by atoms with E-state index in [0.717, 1.165) is 26.2 Å². The molecule has 1 unspecified atom stereocenters. The van der Waals surface area contributed by atoms with Crippen molar-refractivity contribution in [1.29, 1.82) is 0 Å². The second-order valence-electron chi connectivity index (χ2n) is 6.59. The first kappa shape index (κ1) is 16.1. The van der Waals surface area contributed by atoms with Gasteiger partial charge in [0.25, 0.3) is 0 Å². The van der Waals surface area contributed by atoms with Crippen LogP contribution in [-0.2, 0) is 0 Å². The van der Waals surface area contributed by atoms with E-state index in [9.17, 15) is 0 Å². The van der Waals surface area contributed by atoms with E-state index in [2.05, 4.69) is 95.1 Å². The van der Waals surface area contributed by atoms with E-state index >= 15 is 0 Å². The molecule has 0 spiro atoms. The molecular weight excluding hydrogens is 304 g/mol. The van der Waals surface area contributed by atoms with Gasteiger partial charge in [0, 0.05) is 26.2 Å². The van der Waals surface area contributed by atoms with Crippen LogP contribution in [0.2, 0.25) is 0 Å². The topological polar surface area (TPSA) is 15.3 Å². The second-order valence-corrected chi connectivity index (χ2v) is 6.59. The summed E-state index contributed by atoms with van der Waals surface area (Å²) in [6.45, 7) is 4.29. The summed E-state index contributed by atoms with van der Waals surface area (Å²) in [5.74, 6) is 0. The van der Waals surface area contributed by atoms with Crippen molar-refractivity contribution in [2.24, 2.45) is 0 Å². The lowest BCUT2D eigenvalue weighted by Gasteiger charge is -2.35. The molecule has 1 aliphatic rings. The summed E-state index contributed by atoms with van der Waals surface area (Å²) >= 11 is 0. The van der Waals surface area contributed by atoms with Crippen LogP contribution in [0.25, 0.3) is 11.1 Å². The highest BCUT2D eigenvalue weighted by molar-refractivity contribution is 5.63. The predicted octanol–water partition coefficient (Wildman–Crippen LogP) is 4.35. The Bertz CT molecular complexity index is 775. The minimum atomic E-state index is 0.327. The molecule has 0 amide bonds. The van der Waals surface area contributed by atoms with E-state index in [0.29, 0.717) is 6.04 Å². The molecule has 0 bridgehead atoms.